The van der Waals surface area contributed by atoms with E-state index in [2.05, 4.69) is 6.92 Å². The van der Waals surface area contributed by atoms with Crippen LogP contribution in [-0.2, 0) is 4.74 Å². The molecule has 0 bridgehead atoms. The zero-order valence-electron chi connectivity index (χ0n) is 8.12. The van der Waals surface area contributed by atoms with Gasteiger partial charge in [-0.05, 0) is 30.4 Å². The highest BCUT2D eigenvalue weighted by Crippen LogP contribution is 2.20. The summed E-state index contributed by atoms with van der Waals surface area (Å²) in [7, 11) is 1.72. The van der Waals surface area contributed by atoms with Crippen molar-refractivity contribution >= 4 is 17.0 Å². The van der Waals surface area contributed by atoms with Crippen LogP contribution in [0.25, 0.3) is 0 Å². The summed E-state index contributed by atoms with van der Waals surface area (Å²) in [6.07, 6.45) is 2.12. The Morgan fingerprint density at radius 1 is 1.46 bits per heavy atom. The van der Waals surface area contributed by atoms with Crippen molar-refractivity contribution in [2.75, 3.05) is 20.2 Å². The number of carbonyl (C=O) groups is 1. The molecule has 1 fully saturated rings. The fraction of sp³-hybridized carbons (Fsp3) is 0.889. The molecule has 1 heterocycles. The zero-order chi connectivity index (χ0) is 9.84. The van der Waals surface area contributed by atoms with E-state index in [4.69, 9.17) is 16.3 Å². The van der Waals surface area contributed by atoms with Crippen LogP contribution in [0.1, 0.15) is 19.8 Å². The summed E-state index contributed by atoms with van der Waals surface area (Å²) in [6, 6.07) is 0. The lowest BCUT2D eigenvalue weighted by molar-refractivity contribution is 0.0559. The summed E-state index contributed by atoms with van der Waals surface area (Å²) in [6.45, 7) is 3.62. The van der Waals surface area contributed by atoms with Crippen LogP contribution in [0.5, 0.6) is 0 Å². The van der Waals surface area contributed by atoms with Gasteiger partial charge in [0.15, 0.2) is 0 Å². The number of hydrogen-bond donors (Lipinski definition) is 0. The number of rotatable bonds is 1. The first kappa shape index (κ1) is 10.8. The first-order valence-corrected chi connectivity index (χ1v) is 5.00. The predicted molar refractivity (Wildman–Crippen MR) is 52.0 cm³/mol. The maximum atomic E-state index is 10.9. The molecule has 2 atom stereocenters. The molecule has 13 heavy (non-hydrogen) atoms. The number of hydrogen-bond acceptors (Lipinski definition) is 2. The Hall–Kier alpha value is -0.280. The summed E-state index contributed by atoms with van der Waals surface area (Å²) in [5.41, 5.74) is 0. The summed E-state index contributed by atoms with van der Waals surface area (Å²) in [5, 5.41) is -0.344. The van der Waals surface area contributed by atoms with Gasteiger partial charge in [-0.1, -0.05) is 6.92 Å². The lowest BCUT2D eigenvalue weighted by Crippen LogP contribution is -2.27. The fourth-order valence-corrected chi connectivity index (χ4v) is 1.92. The Bertz CT molecular complexity index is 186. The minimum atomic E-state index is -0.344. The van der Waals surface area contributed by atoms with Crippen LogP contribution in [0, 0.1) is 5.92 Å². The number of carbonyl (C=O) groups excluding carboxylic acids is 1. The Kier molecular flexibility index (Phi) is 4.00. The van der Waals surface area contributed by atoms with E-state index in [1.807, 2.05) is 0 Å². The molecule has 1 saturated heterocycles. The third-order valence-electron chi connectivity index (χ3n) is 2.72. The molecule has 1 aliphatic rings. The maximum Gasteiger partial charge on any atom is 0.316 e. The second kappa shape index (κ2) is 4.82. The first-order valence-electron chi connectivity index (χ1n) is 4.62. The number of likely N-dealkylation sites (tertiary alicyclic amines) is 1. The molecule has 1 amide bonds. The number of methoxy groups -OCH3 is 1. The fourth-order valence-electron chi connectivity index (χ4n) is 1.75. The van der Waals surface area contributed by atoms with Crippen molar-refractivity contribution in [3.8, 4) is 0 Å². The number of amides is 1. The van der Waals surface area contributed by atoms with Gasteiger partial charge >= 0.3 is 5.37 Å². The van der Waals surface area contributed by atoms with Gasteiger partial charge in [-0.2, -0.15) is 0 Å². The molecular weight excluding hydrogens is 190 g/mol. The minimum Gasteiger partial charge on any atom is -0.381 e. The topological polar surface area (TPSA) is 29.5 Å². The number of ether oxygens (including phenoxy) is 1. The lowest BCUT2D eigenvalue weighted by atomic mass is 10.00. The molecule has 0 aliphatic carbocycles. The highest BCUT2D eigenvalue weighted by atomic mass is 35.5. The largest absolute Gasteiger partial charge is 0.381 e. The normalized spacial score (nSPS) is 29.9. The zero-order valence-corrected chi connectivity index (χ0v) is 8.88. The Labute approximate surface area is 84.0 Å². The maximum absolute atomic E-state index is 10.9. The monoisotopic (exact) mass is 205 g/mol. The third kappa shape index (κ3) is 2.85. The van der Waals surface area contributed by atoms with Crippen LogP contribution >= 0.6 is 11.6 Å². The Morgan fingerprint density at radius 2 is 2.08 bits per heavy atom. The van der Waals surface area contributed by atoms with Crippen LogP contribution in [0.4, 0.5) is 4.79 Å². The predicted octanol–water partition coefficient (Wildman–Crippen LogP) is 2.09. The van der Waals surface area contributed by atoms with Gasteiger partial charge in [0.1, 0.15) is 0 Å². The molecule has 1 aliphatic heterocycles. The van der Waals surface area contributed by atoms with Crippen molar-refractivity contribution in [3.05, 3.63) is 0 Å². The molecule has 0 aromatic heterocycles. The van der Waals surface area contributed by atoms with Gasteiger partial charge in [0, 0.05) is 20.2 Å². The summed E-state index contributed by atoms with van der Waals surface area (Å²) in [5.74, 6) is 0.506. The van der Waals surface area contributed by atoms with E-state index in [0.717, 1.165) is 19.4 Å². The Balaban J connectivity index is 2.51. The van der Waals surface area contributed by atoms with E-state index < -0.39 is 0 Å². The van der Waals surface area contributed by atoms with Crippen LogP contribution in [0.15, 0.2) is 0 Å². The summed E-state index contributed by atoms with van der Waals surface area (Å²) in [4.78, 5) is 12.6. The molecule has 0 radical (unpaired) electrons. The third-order valence-corrected chi connectivity index (χ3v) is 2.96. The van der Waals surface area contributed by atoms with E-state index in [0.29, 0.717) is 12.5 Å². The quantitative estimate of drug-likeness (QED) is 0.485. The van der Waals surface area contributed by atoms with Crippen LogP contribution in [0.2, 0.25) is 0 Å². The average molecular weight is 206 g/mol. The van der Waals surface area contributed by atoms with Crippen molar-refractivity contribution in [1.29, 1.82) is 0 Å². The van der Waals surface area contributed by atoms with Crippen LogP contribution in [0.3, 0.4) is 0 Å². The number of halogens is 1. The van der Waals surface area contributed by atoms with Gasteiger partial charge in [-0.25, -0.2) is 0 Å². The van der Waals surface area contributed by atoms with Gasteiger partial charge in [0.05, 0.1) is 6.10 Å². The molecule has 0 N–H and O–H groups in total. The summed E-state index contributed by atoms with van der Waals surface area (Å²) >= 11 is 5.41. The van der Waals surface area contributed by atoms with Crippen molar-refractivity contribution in [1.82, 2.24) is 4.90 Å². The van der Waals surface area contributed by atoms with Crippen molar-refractivity contribution < 1.29 is 9.53 Å². The van der Waals surface area contributed by atoms with E-state index in [9.17, 15) is 4.79 Å². The summed E-state index contributed by atoms with van der Waals surface area (Å²) < 4.78 is 5.33. The van der Waals surface area contributed by atoms with Gasteiger partial charge in [-0.15, -0.1) is 0 Å². The molecule has 76 valence electrons. The molecule has 0 spiro atoms. The SMILES string of the molecule is COC1CCN(C(=O)Cl)CCC1C. The molecule has 4 heteroatoms. The Morgan fingerprint density at radius 3 is 2.62 bits per heavy atom. The van der Waals surface area contributed by atoms with E-state index in [-0.39, 0.29) is 11.5 Å². The molecular formula is C9H16ClNO2. The second-order valence-corrected chi connectivity index (χ2v) is 3.89. The molecule has 3 nitrogen and oxygen atoms in total. The average Bonchev–Trinajstić information content (AvgIpc) is 2.27. The van der Waals surface area contributed by atoms with Gasteiger partial charge in [-0.3, -0.25) is 4.79 Å². The first-order chi connectivity index (χ1) is 6.15. The van der Waals surface area contributed by atoms with E-state index >= 15 is 0 Å². The smallest absolute Gasteiger partial charge is 0.316 e. The number of nitrogens with zero attached hydrogens (tertiary/aromatic N) is 1. The second-order valence-electron chi connectivity index (χ2n) is 3.57. The van der Waals surface area contributed by atoms with E-state index in [1.165, 1.54) is 0 Å². The highest BCUT2D eigenvalue weighted by Gasteiger charge is 2.24. The van der Waals surface area contributed by atoms with Gasteiger partial charge in [0.2, 0.25) is 0 Å². The standard InChI is InChI=1S/C9H16ClNO2/c1-7-3-5-11(9(10)12)6-4-8(7)13-2/h7-8H,3-6H2,1-2H3. The van der Waals surface area contributed by atoms with Crippen molar-refractivity contribution in [3.63, 3.8) is 0 Å². The van der Waals surface area contributed by atoms with Crippen LogP contribution in [-0.4, -0.2) is 36.6 Å². The molecule has 0 aromatic rings. The van der Waals surface area contributed by atoms with Gasteiger partial charge < -0.3 is 9.64 Å². The van der Waals surface area contributed by atoms with Gasteiger partial charge in [0.25, 0.3) is 0 Å². The van der Waals surface area contributed by atoms with Crippen molar-refractivity contribution in [2.45, 2.75) is 25.9 Å². The molecule has 2 unspecified atom stereocenters. The highest BCUT2D eigenvalue weighted by molar-refractivity contribution is 6.62. The molecule has 0 aromatic carbocycles. The van der Waals surface area contributed by atoms with E-state index in [1.54, 1.807) is 12.0 Å². The van der Waals surface area contributed by atoms with Crippen molar-refractivity contribution in [2.24, 2.45) is 5.92 Å². The van der Waals surface area contributed by atoms with Crippen LogP contribution < -0.4 is 0 Å². The lowest BCUT2D eigenvalue weighted by Gasteiger charge is -2.18. The molecule has 0 saturated carbocycles. The minimum absolute atomic E-state index is 0.265. The molecule has 1 rings (SSSR count).